The molecule has 0 radical (unpaired) electrons. The lowest BCUT2D eigenvalue weighted by molar-refractivity contribution is -0.121. The summed E-state index contributed by atoms with van der Waals surface area (Å²) in [5, 5.41) is 3.18. The predicted molar refractivity (Wildman–Crippen MR) is 121 cm³/mol. The molecule has 0 atom stereocenters. The third-order valence-electron chi connectivity index (χ3n) is 5.19. The van der Waals surface area contributed by atoms with Gasteiger partial charge in [-0.25, -0.2) is 0 Å². The fraction of sp³-hybridized carbons (Fsp3) is 0.174. The number of halogens is 1. The summed E-state index contributed by atoms with van der Waals surface area (Å²) < 4.78 is 3.11. The molecule has 0 bridgehead atoms. The highest BCUT2D eigenvalue weighted by Gasteiger charge is 2.16. The van der Waals surface area contributed by atoms with E-state index in [1.54, 1.807) is 12.1 Å². The number of aromatic nitrogens is 3. The fourth-order valence-electron chi connectivity index (χ4n) is 3.66. The molecule has 0 aliphatic carbocycles. The molecule has 7 nitrogen and oxygen atoms in total. The van der Waals surface area contributed by atoms with Gasteiger partial charge in [0.25, 0.3) is 0 Å². The number of carbonyl (C=O) groups is 1. The first-order valence-corrected chi connectivity index (χ1v) is 10.2. The molecule has 2 aromatic carbocycles. The third kappa shape index (κ3) is 4.04. The molecule has 0 aliphatic heterocycles. The van der Waals surface area contributed by atoms with Gasteiger partial charge in [-0.3, -0.25) is 19.0 Å². The normalized spacial score (nSPS) is 11.1. The van der Waals surface area contributed by atoms with Crippen LogP contribution in [0.2, 0.25) is 5.02 Å². The molecule has 0 spiro atoms. The second-order valence-electron chi connectivity index (χ2n) is 7.38. The lowest BCUT2D eigenvalue weighted by Gasteiger charge is -2.15. The monoisotopic (exact) mass is 436 g/mol. The summed E-state index contributed by atoms with van der Waals surface area (Å²) in [6, 6.07) is 16.7. The smallest absolute Gasteiger partial charge is 0.317 e. The van der Waals surface area contributed by atoms with Crippen LogP contribution in [0.1, 0.15) is 17.0 Å². The molecule has 2 aromatic heterocycles. The van der Waals surface area contributed by atoms with Crippen molar-refractivity contribution in [1.82, 2.24) is 19.4 Å². The number of hydrogen-bond acceptors (Lipinski definition) is 3. The Balaban J connectivity index is 1.72. The number of fused-ring (bicyclic) bond motifs is 1. The minimum Gasteiger partial charge on any atom is -0.350 e. The number of benzene rings is 2. The number of nitrogens with one attached hydrogen (secondary N) is 2. The second kappa shape index (κ2) is 8.28. The van der Waals surface area contributed by atoms with Crippen molar-refractivity contribution in [3.63, 3.8) is 0 Å². The maximum Gasteiger partial charge on any atom is 0.317 e. The average Bonchev–Trinajstić information content (AvgIpc) is 3.09. The molecule has 158 valence electrons. The standard InChI is InChI=1S/C23H21ClN4O3/c1-14-8-9-15(2)28(14)19-11-18-20(10-17(19)24)27(23(31)22(30)26-18)13-21(29)25-12-16-6-4-3-5-7-16/h3-11H,12-13H2,1-2H3,(H,25,29)(H,26,30). The Morgan fingerprint density at radius 3 is 2.39 bits per heavy atom. The summed E-state index contributed by atoms with van der Waals surface area (Å²) >= 11 is 6.55. The minimum atomic E-state index is -0.806. The van der Waals surface area contributed by atoms with Gasteiger partial charge in [-0.1, -0.05) is 41.9 Å². The maximum atomic E-state index is 12.5. The van der Waals surface area contributed by atoms with E-state index in [1.807, 2.05) is 60.9 Å². The van der Waals surface area contributed by atoms with Crippen LogP contribution in [-0.4, -0.2) is 20.0 Å². The van der Waals surface area contributed by atoms with Gasteiger partial charge in [0, 0.05) is 17.9 Å². The van der Waals surface area contributed by atoms with E-state index in [0.29, 0.717) is 28.3 Å². The van der Waals surface area contributed by atoms with Crippen molar-refractivity contribution >= 4 is 28.5 Å². The molecule has 0 fully saturated rings. The topological polar surface area (TPSA) is 88.9 Å². The molecule has 31 heavy (non-hydrogen) atoms. The highest BCUT2D eigenvalue weighted by Crippen LogP contribution is 2.28. The Morgan fingerprint density at radius 2 is 1.71 bits per heavy atom. The van der Waals surface area contributed by atoms with E-state index in [2.05, 4.69) is 10.3 Å². The summed E-state index contributed by atoms with van der Waals surface area (Å²) in [6.45, 7) is 3.94. The Bertz CT molecular complexity index is 1380. The molecule has 4 rings (SSSR count). The second-order valence-corrected chi connectivity index (χ2v) is 7.79. The average molecular weight is 437 g/mol. The molecule has 0 unspecified atom stereocenters. The first-order valence-electron chi connectivity index (χ1n) is 9.77. The van der Waals surface area contributed by atoms with Gasteiger partial charge in [-0.05, 0) is 43.7 Å². The molecule has 0 aliphatic rings. The van der Waals surface area contributed by atoms with Crippen LogP contribution < -0.4 is 16.4 Å². The summed E-state index contributed by atoms with van der Waals surface area (Å²) in [4.78, 5) is 39.9. The quantitative estimate of drug-likeness (QED) is 0.471. The number of nitrogens with zero attached hydrogens (tertiary/aromatic N) is 2. The molecule has 2 N–H and O–H groups in total. The zero-order valence-corrected chi connectivity index (χ0v) is 17.9. The molecule has 0 saturated carbocycles. The fourth-order valence-corrected chi connectivity index (χ4v) is 3.90. The SMILES string of the molecule is Cc1ccc(C)n1-c1cc2[nH]c(=O)c(=O)n(CC(=O)NCc3ccccc3)c2cc1Cl. The summed E-state index contributed by atoms with van der Waals surface area (Å²) in [6.07, 6.45) is 0. The first kappa shape index (κ1) is 20.7. The van der Waals surface area contributed by atoms with Crippen LogP contribution in [0.3, 0.4) is 0 Å². The van der Waals surface area contributed by atoms with Gasteiger partial charge in [0.2, 0.25) is 5.91 Å². The van der Waals surface area contributed by atoms with Crippen molar-refractivity contribution in [1.29, 1.82) is 0 Å². The van der Waals surface area contributed by atoms with Gasteiger partial charge >= 0.3 is 11.1 Å². The lowest BCUT2D eigenvalue weighted by Crippen LogP contribution is -2.40. The van der Waals surface area contributed by atoms with Crippen LogP contribution in [0, 0.1) is 13.8 Å². The number of hydrogen-bond donors (Lipinski definition) is 2. The predicted octanol–water partition coefficient (Wildman–Crippen LogP) is 3.07. The number of carbonyl (C=O) groups excluding carboxylic acids is 1. The lowest BCUT2D eigenvalue weighted by atomic mass is 10.2. The highest BCUT2D eigenvalue weighted by atomic mass is 35.5. The Morgan fingerprint density at radius 1 is 1.03 bits per heavy atom. The first-order chi connectivity index (χ1) is 14.8. The van der Waals surface area contributed by atoms with Crippen molar-refractivity contribution in [2.24, 2.45) is 0 Å². The molecule has 2 heterocycles. The minimum absolute atomic E-state index is 0.288. The van der Waals surface area contributed by atoms with Gasteiger partial charge in [0.05, 0.1) is 21.7 Å². The summed E-state index contributed by atoms with van der Waals surface area (Å²) in [5.41, 5.74) is 2.79. The van der Waals surface area contributed by atoms with Crippen LogP contribution in [0.25, 0.3) is 16.7 Å². The molecule has 0 saturated heterocycles. The van der Waals surface area contributed by atoms with Crippen LogP contribution >= 0.6 is 11.6 Å². The van der Waals surface area contributed by atoms with E-state index in [0.717, 1.165) is 21.5 Å². The van der Waals surface area contributed by atoms with Crippen LogP contribution in [-0.2, 0) is 17.9 Å². The van der Waals surface area contributed by atoms with Crippen LogP contribution in [0.5, 0.6) is 0 Å². The Labute approximate surface area is 182 Å². The largest absolute Gasteiger partial charge is 0.350 e. The summed E-state index contributed by atoms with van der Waals surface area (Å²) in [7, 11) is 0. The van der Waals surface area contributed by atoms with E-state index < -0.39 is 11.1 Å². The number of rotatable bonds is 5. The van der Waals surface area contributed by atoms with E-state index in [9.17, 15) is 14.4 Å². The maximum absolute atomic E-state index is 12.5. The van der Waals surface area contributed by atoms with E-state index in [1.165, 1.54) is 0 Å². The summed E-state index contributed by atoms with van der Waals surface area (Å²) in [5.74, 6) is -0.379. The number of aromatic amines is 1. The third-order valence-corrected chi connectivity index (χ3v) is 5.49. The number of amides is 1. The van der Waals surface area contributed by atoms with Crippen molar-refractivity contribution in [2.75, 3.05) is 0 Å². The zero-order valence-electron chi connectivity index (χ0n) is 17.1. The molecule has 1 amide bonds. The number of aryl methyl sites for hydroxylation is 2. The van der Waals surface area contributed by atoms with Gasteiger partial charge in [0.1, 0.15) is 6.54 Å². The highest BCUT2D eigenvalue weighted by molar-refractivity contribution is 6.33. The Kier molecular flexibility index (Phi) is 5.52. The molecular weight excluding hydrogens is 416 g/mol. The molecular formula is C23H21ClN4O3. The van der Waals surface area contributed by atoms with Crippen molar-refractivity contribution in [3.05, 3.63) is 97.3 Å². The van der Waals surface area contributed by atoms with Gasteiger partial charge < -0.3 is 14.9 Å². The van der Waals surface area contributed by atoms with Gasteiger partial charge in [-0.15, -0.1) is 0 Å². The van der Waals surface area contributed by atoms with Crippen molar-refractivity contribution in [3.8, 4) is 5.69 Å². The molecule has 4 aromatic rings. The van der Waals surface area contributed by atoms with Crippen molar-refractivity contribution < 1.29 is 4.79 Å². The van der Waals surface area contributed by atoms with Crippen LogP contribution in [0.4, 0.5) is 0 Å². The Hall–Kier alpha value is -3.58. The zero-order chi connectivity index (χ0) is 22.1. The number of H-pyrrole nitrogens is 1. The van der Waals surface area contributed by atoms with E-state index in [4.69, 9.17) is 11.6 Å². The van der Waals surface area contributed by atoms with E-state index in [-0.39, 0.29) is 12.5 Å². The van der Waals surface area contributed by atoms with E-state index >= 15 is 0 Å². The van der Waals surface area contributed by atoms with Gasteiger partial charge in [0.15, 0.2) is 0 Å². The van der Waals surface area contributed by atoms with Crippen molar-refractivity contribution in [2.45, 2.75) is 26.9 Å². The van der Waals surface area contributed by atoms with Crippen LogP contribution in [0.15, 0.2) is 64.2 Å². The molecule has 8 heteroatoms. The van der Waals surface area contributed by atoms with Gasteiger partial charge in [-0.2, -0.15) is 0 Å².